The number of carbonyl (C=O) groups excluding carboxylic acids is 1. The van der Waals surface area contributed by atoms with E-state index >= 15 is 0 Å². The maximum Gasteiger partial charge on any atom is 0.312 e. The molecule has 6 aliphatic rings. The summed E-state index contributed by atoms with van der Waals surface area (Å²) in [6.45, 7) is 6.72. The van der Waals surface area contributed by atoms with Crippen LogP contribution in [0, 0.1) is 16.2 Å². The summed E-state index contributed by atoms with van der Waals surface area (Å²) in [5.41, 5.74) is 0.791. The summed E-state index contributed by atoms with van der Waals surface area (Å²) in [4.78, 5) is 13.4. The van der Waals surface area contributed by atoms with Crippen molar-refractivity contribution >= 4 is 5.97 Å². The van der Waals surface area contributed by atoms with Crippen molar-refractivity contribution in [2.45, 2.75) is 187 Å². The summed E-state index contributed by atoms with van der Waals surface area (Å²) in [5.74, 6) is 0.193. The van der Waals surface area contributed by atoms with Crippen LogP contribution in [-0.4, -0.2) is 12.1 Å². The van der Waals surface area contributed by atoms with E-state index in [1.165, 1.54) is 141 Å². The lowest BCUT2D eigenvalue weighted by Gasteiger charge is -2.41. The van der Waals surface area contributed by atoms with Crippen molar-refractivity contribution in [2.75, 3.05) is 0 Å². The molecule has 6 fully saturated rings. The van der Waals surface area contributed by atoms with E-state index in [1.807, 2.05) is 0 Å². The number of unbranched alkanes of at least 4 members (excludes halogenated alkanes) is 17. The van der Waals surface area contributed by atoms with Crippen molar-refractivity contribution in [3.05, 3.63) is 0 Å². The van der Waals surface area contributed by atoms with Gasteiger partial charge in [-0.05, 0) is 62.7 Å². The number of esters is 1. The molecule has 1 atom stereocenters. The van der Waals surface area contributed by atoms with Gasteiger partial charge in [-0.15, -0.1) is 0 Å². The Balaban J connectivity index is 1.24. The van der Waals surface area contributed by atoms with Crippen LogP contribution in [0.5, 0.6) is 0 Å². The van der Waals surface area contributed by atoms with Gasteiger partial charge >= 0.3 is 5.97 Å². The summed E-state index contributed by atoms with van der Waals surface area (Å²) < 4.78 is 6.13. The molecule has 0 saturated heterocycles. The first-order chi connectivity index (χ1) is 17.0. The molecule has 3 bridgehead atoms. The summed E-state index contributed by atoms with van der Waals surface area (Å²) in [7, 11) is 0. The molecule has 1 unspecified atom stereocenters. The van der Waals surface area contributed by atoms with Gasteiger partial charge in [-0.2, -0.15) is 0 Å². The minimum Gasteiger partial charge on any atom is -0.462 e. The van der Waals surface area contributed by atoms with Crippen LogP contribution in [0.15, 0.2) is 0 Å². The highest BCUT2D eigenvalue weighted by Gasteiger charge is 2.85. The molecule has 1 spiro atoms. The Kier molecular flexibility index (Phi) is 12.0. The number of rotatable bonds is 23. The fourth-order valence-corrected chi connectivity index (χ4v) is 8.40. The molecule has 0 aromatic heterocycles. The van der Waals surface area contributed by atoms with Crippen LogP contribution in [-0.2, 0) is 9.53 Å². The van der Waals surface area contributed by atoms with Crippen LogP contribution in [0.2, 0.25) is 0 Å². The van der Waals surface area contributed by atoms with Gasteiger partial charge in [-0.3, -0.25) is 4.79 Å². The molecule has 6 aliphatic carbocycles. The summed E-state index contributed by atoms with van der Waals surface area (Å²) in [5, 5.41) is 0. The molecule has 2 nitrogen and oxygen atoms in total. The van der Waals surface area contributed by atoms with Crippen LogP contribution in [0.25, 0.3) is 0 Å². The Morgan fingerprint density at radius 3 is 1.54 bits per heavy atom. The van der Waals surface area contributed by atoms with E-state index in [9.17, 15) is 4.79 Å². The second-order valence-electron chi connectivity index (χ2n) is 13.3. The predicted molar refractivity (Wildman–Crippen MR) is 150 cm³/mol. The van der Waals surface area contributed by atoms with Gasteiger partial charge in [0, 0.05) is 0 Å². The van der Waals surface area contributed by atoms with Crippen molar-refractivity contribution in [1.82, 2.24) is 0 Å². The predicted octanol–water partition coefficient (Wildman–Crippen LogP) is 10.7. The monoisotopic (exact) mass is 488 g/mol. The first-order valence-electron chi connectivity index (χ1n) is 16.2. The normalized spacial score (nSPS) is 29.0. The van der Waals surface area contributed by atoms with Gasteiger partial charge in [0.2, 0.25) is 0 Å². The fraction of sp³-hybridized carbons (Fsp3) is 0.970. The Morgan fingerprint density at radius 2 is 1.06 bits per heavy atom. The van der Waals surface area contributed by atoms with Crippen molar-refractivity contribution in [3.8, 4) is 0 Å². The van der Waals surface area contributed by atoms with E-state index in [0.29, 0.717) is 10.8 Å². The molecule has 0 N–H and O–H groups in total. The zero-order chi connectivity index (χ0) is 25.0. The summed E-state index contributed by atoms with van der Waals surface area (Å²) >= 11 is 0. The van der Waals surface area contributed by atoms with Crippen molar-refractivity contribution in [1.29, 1.82) is 0 Å². The first kappa shape index (κ1) is 29.0. The number of ether oxygens (including phenoxy) is 1. The third-order valence-corrected chi connectivity index (χ3v) is 10.2. The molecule has 6 rings (SSSR count). The minimum atomic E-state index is -0.0841. The second kappa shape index (κ2) is 14.4. The van der Waals surface area contributed by atoms with E-state index in [0.717, 1.165) is 19.3 Å². The van der Waals surface area contributed by atoms with Crippen LogP contribution < -0.4 is 0 Å². The molecular weight excluding hydrogens is 428 g/mol. The zero-order valence-corrected chi connectivity index (χ0v) is 24.1. The maximum atomic E-state index is 13.4. The van der Waals surface area contributed by atoms with Gasteiger partial charge in [0.1, 0.15) is 0 Å². The lowest BCUT2D eigenvalue weighted by atomic mass is 9.63. The topological polar surface area (TPSA) is 26.3 Å². The van der Waals surface area contributed by atoms with E-state index in [4.69, 9.17) is 4.74 Å². The van der Waals surface area contributed by atoms with E-state index < -0.39 is 0 Å². The van der Waals surface area contributed by atoms with Gasteiger partial charge < -0.3 is 4.74 Å². The third-order valence-electron chi connectivity index (χ3n) is 10.2. The molecule has 0 heterocycles. The highest BCUT2D eigenvalue weighted by Crippen LogP contribution is 2.89. The van der Waals surface area contributed by atoms with Crippen LogP contribution in [0.4, 0.5) is 0 Å². The van der Waals surface area contributed by atoms with Crippen LogP contribution in [0.3, 0.4) is 0 Å². The molecule has 2 heteroatoms. The van der Waals surface area contributed by atoms with Crippen LogP contribution >= 0.6 is 0 Å². The minimum absolute atomic E-state index is 0.0841. The van der Waals surface area contributed by atoms with E-state index in [-0.39, 0.29) is 17.5 Å². The average molecular weight is 489 g/mol. The highest BCUT2D eigenvalue weighted by molar-refractivity contribution is 5.82. The molecule has 6 saturated carbocycles. The largest absolute Gasteiger partial charge is 0.462 e. The van der Waals surface area contributed by atoms with Gasteiger partial charge in [-0.1, -0.05) is 129 Å². The van der Waals surface area contributed by atoms with Crippen molar-refractivity contribution in [2.24, 2.45) is 16.2 Å². The number of hydrogen-bond donors (Lipinski definition) is 0. The third kappa shape index (κ3) is 7.50. The van der Waals surface area contributed by atoms with Gasteiger partial charge in [0.05, 0.1) is 11.5 Å². The van der Waals surface area contributed by atoms with Gasteiger partial charge in [0.15, 0.2) is 0 Å². The molecule has 0 aliphatic heterocycles. The number of hydrogen-bond acceptors (Lipinski definition) is 2. The van der Waals surface area contributed by atoms with Gasteiger partial charge in [0.25, 0.3) is 0 Å². The van der Waals surface area contributed by atoms with Gasteiger partial charge in [-0.25, -0.2) is 0 Å². The maximum absolute atomic E-state index is 13.4. The molecular formula is C33H60O2. The van der Waals surface area contributed by atoms with Crippen molar-refractivity contribution in [3.63, 3.8) is 0 Å². The first-order valence-corrected chi connectivity index (χ1v) is 16.2. The average Bonchev–Trinajstić information content (AvgIpc) is 3.43. The summed E-state index contributed by atoms with van der Waals surface area (Å²) in [6.07, 6.45) is 33.5. The Labute approximate surface area is 219 Å². The highest BCUT2D eigenvalue weighted by atomic mass is 16.5. The fourth-order valence-electron chi connectivity index (χ4n) is 8.40. The smallest absolute Gasteiger partial charge is 0.312 e. The molecule has 0 amide bonds. The van der Waals surface area contributed by atoms with Crippen molar-refractivity contribution < 1.29 is 9.53 Å². The molecule has 0 radical (unpaired) electrons. The van der Waals surface area contributed by atoms with Crippen LogP contribution in [0.1, 0.15) is 181 Å². The summed E-state index contributed by atoms with van der Waals surface area (Å²) in [6, 6.07) is 0. The van der Waals surface area contributed by atoms with E-state index in [2.05, 4.69) is 20.8 Å². The van der Waals surface area contributed by atoms with E-state index in [1.54, 1.807) is 0 Å². The standard InChI is InChI=1S/C33H60O2/c1-4-6-8-10-12-14-15-17-19-21-23-29(3)35-30(34)33-27-31(28-33)25-32(33,26-31)24-22-20-18-16-13-11-9-7-5-2/h29H,4-28H2,1-3H3. The molecule has 35 heavy (non-hydrogen) atoms. The second-order valence-corrected chi connectivity index (χ2v) is 13.3. The Hall–Kier alpha value is -0.530. The lowest BCUT2D eigenvalue weighted by Crippen LogP contribution is -2.43. The Bertz CT molecular complexity index is 594. The lowest BCUT2D eigenvalue weighted by molar-refractivity contribution is -0.169. The number of carbonyl (C=O) groups is 1. The molecule has 204 valence electrons. The zero-order valence-electron chi connectivity index (χ0n) is 24.1. The Morgan fingerprint density at radius 1 is 0.629 bits per heavy atom. The molecule has 0 aromatic rings. The SMILES string of the molecule is CCCCCCCCCCCCC(C)OC(=O)C12CC3(CC1(CCCCCCCCCCC)C3)C2. The quantitative estimate of drug-likeness (QED) is 0.106. The molecule has 0 aromatic carbocycles.